The zero-order valence-electron chi connectivity index (χ0n) is 19.0. The van der Waals surface area contributed by atoms with Crippen LogP contribution in [0.3, 0.4) is 0 Å². The summed E-state index contributed by atoms with van der Waals surface area (Å²) >= 11 is 0. The van der Waals surface area contributed by atoms with E-state index in [9.17, 15) is 4.79 Å². The van der Waals surface area contributed by atoms with Gasteiger partial charge in [-0.1, -0.05) is 47.1 Å². The zero-order valence-corrected chi connectivity index (χ0v) is 19.0. The number of amides is 1. The number of aromatic nitrogens is 3. The molecule has 1 aliphatic heterocycles. The monoisotopic (exact) mass is 394 g/mol. The molecular weight excluding hydrogens is 360 g/mol. The van der Waals surface area contributed by atoms with Crippen molar-refractivity contribution in [3.05, 3.63) is 40.5 Å². The average Bonchev–Trinajstić information content (AvgIpc) is 3.11. The molecule has 0 fully saturated rings. The van der Waals surface area contributed by atoms with Crippen molar-refractivity contribution < 1.29 is 4.79 Å². The Kier molecular flexibility index (Phi) is 4.83. The fraction of sp³-hybridized carbons (Fsp3) is 0.625. The van der Waals surface area contributed by atoms with E-state index in [1.165, 1.54) is 11.1 Å². The third-order valence-corrected chi connectivity index (χ3v) is 6.57. The van der Waals surface area contributed by atoms with E-state index in [4.69, 9.17) is 5.10 Å². The van der Waals surface area contributed by atoms with Crippen LogP contribution in [0.1, 0.15) is 96.6 Å². The number of allylic oxidation sites excluding steroid dienone is 1. The number of hydrogen-bond donors (Lipinski definition) is 0. The molecule has 29 heavy (non-hydrogen) atoms. The van der Waals surface area contributed by atoms with Crippen LogP contribution in [-0.4, -0.2) is 31.4 Å². The lowest BCUT2D eigenvalue weighted by Crippen LogP contribution is -2.41. The molecule has 1 aliphatic carbocycles. The summed E-state index contributed by atoms with van der Waals surface area (Å²) < 4.78 is 1.93. The highest BCUT2D eigenvalue weighted by atomic mass is 16.2. The van der Waals surface area contributed by atoms with Crippen LogP contribution in [-0.2, 0) is 4.79 Å². The summed E-state index contributed by atoms with van der Waals surface area (Å²) in [6.45, 7) is 17.4. The van der Waals surface area contributed by atoms with Crippen LogP contribution in [0, 0.1) is 11.8 Å². The predicted octanol–water partition coefficient (Wildman–Crippen LogP) is 5.24. The highest BCUT2D eigenvalue weighted by molar-refractivity contribution is 5.96. The summed E-state index contributed by atoms with van der Waals surface area (Å²) in [5.74, 6) is 1.35. The zero-order chi connectivity index (χ0) is 21.2. The lowest BCUT2D eigenvalue weighted by Gasteiger charge is -2.33. The van der Waals surface area contributed by atoms with Crippen molar-refractivity contribution in [3.63, 3.8) is 0 Å². The van der Waals surface area contributed by atoms with Crippen molar-refractivity contribution in [2.45, 2.75) is 85.7 Å². The van der Waals surface area contributed by atoms with Crippen molar-refractivity contribution in [2.24, 2.45) is 11.8 Å². The van der Waals surface area contributed by atoms with E-state index >= 15 is 0 Å². The summed E-state index contributed by atoms with van der Waals surface area (Å²) in [7, 11) is 0. The SMILES string of the molecule is CC(C)C1=C(C(C)C)[C@H]2C[C@H](c3nn4cnc(C(C)C)cc4c32)N(C(C)C)C1=O. The molecule has 5 heteroatoms. The van der Waals surface area contributed by atoms with E-state index in [1.807, 2.05) is 10.8 Å². The molecule has 2 bridgehead atoms. The van der Waals surface area contributed by atoms with E-state index in [1.54, 1.807) is 0 Å². The summed E-state index contributed by atoms with van der Waals surface area (Å²) in [5.41, 5.74) is 6.97. The molecule has 156 valence electrons. The quantitative estimate of drug-likeness (QED) is 0.712. The van der Waals surface area contributed by atoms with Crippen LogP contribution in [0.2, 0.25) is 0 Å². The van der Waals surface area contributed by atoms with Crippen LogP contribution in [0.15, 0.2) is 23.5 Å². The number of carbonyl (C=O) groups excluding carboxylic acids is 1. The Morgan fingerprint density at radius 2 is 1.69 bits per heavy atom. The predicted molar refractivity (Wildman–Crippen MR) is 116 cm³/mol. The van der Waals surface area contributed by atoms with Gasteiger partial charge < -0.3 is 4.90 Å². The Labute approximate surface area is 174 Å². The van der Waals surface area contributed by atoms with Crippen molar-refractivity contribution in [2.75, 3.05) is 0 Å². The highest BCUT2D eigenvalue weighted by Gasteiger charge is 2.48. The maximum Gasteiger partial charge on any atom is 0.250 e. The van der Waals surface area contributed by atoms with Gasteiger partial charge in [-0.15, -0.1) is 0 Å². The van der Waals surface area contributed by atoms with Crippen LogP contribution in [0.5, 0.6) is 0 Å². The van der Waals surface area contributed by atoms with E-state index in [0.29, 0.717) is 11.8 Å². The molecule has 2 aromatic heterocycles. The summed E-state index contributed by atoms with van der Waals surface area (Å²) in [6.07, 6.45) is 2.79. The van der Waals surface area contributed by atoms with E-state index in [0.717, 1.165) is 28.9 Å². The van der Waals surface area contributed by atoms with Gasteiger partial charge >= 0.3 is 0 Å². The van der Waals surface area contributed by atoms with Crippen molar-refractivity contribution in [3.8, 4) is 0 Å². The Balaban J connectivity index is 2.05. The largest absolute Gasteiger partial charge is 0.328 e. The van der Waals surface area contributed by atoms with Crippen molar-refractivity contribution in [1.82, 2.24) is 19.5 Å². The summed E-state index contributed by atoms with van der Waals surface area (Å²) in [6, 6.07) is 2.38. The second-order valence-electron chi connectivity index (χ2n) is 9.89. The molecule has 0 radical (unpaired) electrons. The molecule has 2 atom stereocenters. The van der Waals surface area contributed by atoms with Crippen molar-refractivity contribution in [1.29, 1.82) is 0 Å². The maximum absolute atomic E-state index is 13.7. The van der Waals surface area contributed by atoms with Gasteiger partial charge in [0.1, 0.15) is 6.33 Å². The third kappa shape index (κ3) is 2.92. The lowest BCUT2D eigenvalue weighted by molar-refractivity contribution is -0.131. The molecule has 4 rings (SSSR count). The summed E-state index contributed by atoms with van der Waals surface area (Å²) in [4.78, 5) is 20.4. The first-order valence-electron chi connectivity index (χ1n) is 11.1. The van der Waals surface area contributed by atoms with Gasteiger partial charge in [-0.05, 0) is 44.1 Å². The normalized spacial score (nSPS) is 22.1. The fourth-order valence-electron chi connectivity index (χ4n) is 5.39. The number of carbonyl (C=O) groups is 1. The molecule has 1 amide bonds. The molecule has 0 aromatic carbocycles. The average molecular weight is 395 g/mol. The van der Waals surface area contributed by atoms with Crippen LogP contribution >= 0.6 is 0 Å². The Morgan fingerprint density at radius 3 is 2.24 bits per heavy atom. The van der Waals surface area contributed by atoms with E-state index in [-0.39, 0.29) is 29.8 Å². The Morgan fingerprint density at radius 1 is 1.00 bits per heavy atom. The number of nitrogens with zero attached hydrogens (tertiary/aromatic N) is 4. The molecule has 0 spiro atoms. The standard InChI is InChI=1S/C24H34N4O/c1-12(2)17-10-18-22-16-9-19(23(22)26-27(18)11-25-17)28(15(7)8)24(29)21(14(5)6)20(16)13(3)4/h10-16,19H,9H2,1-8H3/t16-,19-/m1/s1. The van der Waals surface area contributed by atoms with E-state index < -0.39 is 0 Å². The number of fused-ring (bicyclic) bond motifs is 7. The van der Waals surface area contributed by atoms with Gasteiger partial charge in [0.25, 0.3) is 5.91 Å². The fourth-order valence-corrected chi connectivity index (χ4v) is 5.39. The molecule has 2 aromatic rings. The maximum atomic E-state index is 13.7. The van der Waals surface area contributed by atoms with E-state index in [2.05, 4.69) is 71.3 Å². The first kappa shape index (κ1) is 20.1. The van der Waals surface area contributed by atoms with Gasteiger partial charge in [-0.3, -0.25) is 4.79 Å². The molecule has 0 N–H and O–H groups in total. The van der Waals surface area contributed by atoms with Gasteiger partial charge in [0, 0.05) is 28.8 Å². The minimum Gasteiger partial charge on any atom is -0.328 e. The Bertz CT molecular complexity index is 996. The van der Waals surface area contributed by atoms with Gasteiger partial charge in [0.2, 0.25) is 0 Å². The van der Waals surface area contributed by atoms with Crippen LogP contribution in [0.4, 0.5) is 0 Å². The topological polar surface area (TPSA) is 50.5 Å². The van der Waals surface area contributed by atoms with Crippen LogP contribution in [0.25, 0.3) is 5.52 Å². The second-order valence-corrected chi connectivity index (χ2v) is 9.89. The smallest absolute Gasteiger partial charge is 0.250 e. The van der Waals surface area contributed by atoms with Crippen molar-refractivity contribution >= 4 is 11.4 Å². The number of hydrogen-bond acceptors (Lipinski definition) is 3. The Hall–Kier alpha value is -2.17. The minimum atomic E-state index is 0.0369. The molecule has 0 saturated heterocycles. The van der Waals surface area contributed by atoms with Crippen LogP contribution < -0.4 is 0 Å². The number of rotatable bonds is 4. The molecule has 0 unspecified atom stereocenters. The van der Waals surface area contributed by atoms with Gasteiger partial charge in [0.15, 0.2) is 0 Å². The molecule has 5 nitrogen and oxygen atoms in total. The second kappa shape index (κ2) is 6.96. The minimum absolute atomic E-state index is 0.0369. The molecule has 2 aliphatic rings. The third-order valence-electron chi connectivity index (χ3n) is 6.57. The molecule has 3 heterocycles. The molecular formula is C24H34N4O. The first-order chi connectivity index (χ1) is 13.6. The molecule has 0 saturated carbocycles. The van der Waals surface area contributed by atoms with Gasteiger partial charge in [0.05, 0.1) is 17.3 Å². The lowest BCUT2D eigenvalue weighted by atomic mass is 9.79. The summed E-state index contributed by atoms with van der Waals surface area (Å²) in [5, 5.41) is 4.95. The van der Waals surface area contributed by atoms with Gasteiger partial charge in [-0.2, -0.15) is 5.10 Å². The van der Waals surface area contributed by atoms with Gasteiger partial charge in [-0.25, -0.2) is 9.50 Å². The highest BCUT2D eigenvalue weighted by Crippen LogP contribution is 2.54. The first-order valence-corrected chi connectivity index (χ1v) is 11.1.